The number of carboxylic acids is 1. The van der Waals surface area contributed by atoms with E-state index < -0.39 is 41.1 Å². The molecule has 0 heterocycles. The maximum absolute atomic E-state index is 12.1. The van der Waals surface area contributed by atoms with Crippen molar-refractivity contribution in [3.05, 3.63) is 33.9 Å². The lowest BCUT2D eigenvalue weighted by Crippen LogP contribution is -2.35. The summed E-state index contributed by atoms with van der Waals surface area (Å²) in [6, 6.07) is 2.63. The third-order valence-corrected chi connectivity index (χ3v) is 2.30. The summed E-state index contributed by atoms with van der Waals surface area (Å²) in [4.78, 5) is 20.5. The van der Waals surface area contributed by atoms with Gasteiger partial charge in [-0.05, 0) is 12.1 Å². The van der Waals surface area contributed by atoms with Gasteiger partial charge in [-0.3, -0.25) is 10.1 Å². The lowest BCUT2D eigenvalue weighted by Gasteiger charge is -2.15. The van der Waals surface area contributed by atoms with Crippen LogP contribution in [0.15, 0.2) is 18.2 Å². The SMILES string of the molecule is O=C(O)c1ccc([N+](=O)[O-])c(NCC(O)C(F)(F)F)c1. The molecule has 7 nitrogen and oxygen atoms in total. The number of hydrogen-bond acceptors (Lipinski definition) is 5. The fourth-order valence-corrected chi connectivity index (χ4v) is 1.29. The molecule has 0 saturated carbocycles. The van der Waals surface area contributed by atoms with Gasteiger partial charge in [-0.1, -0.05) is 0 Å². The normalized spacial score (nSPS) is 12.8. The van der Waals surface area contributed by atoms with E-state index in [1.54, 1.807) is 0 Å². The highest BCUT2D eigenvalue weighted by atomic mass is 19.4. The number of aromatic carboxylic acids is 1. The molecule has 1 aromatic carbocycles. The lowest BCUT2D eigenvalue weighted by molar-refractivity contribution is -0.384. The van der Waals surface area contributed by atoms with Gasteiger partial charge in [0.2, 0.25) is 0 Å². The smallest absolute Gasteiger partial charge is 0.416 e. The number of nitrogens with one attached hydrogen (secondary N) is 1. The van der Waals surface area contributed by atoms with Crippen LogP contribution < -0.4 is 5.32 Å². The highest BCUT2D eigenvalue weighted by Crippen LogP contribution is 2.27. The number of alkyl halides is 3. The Labute approximate surface area is 109 Å². The zero-order chi connectivity index (χ0) is 15.5. The molecule has 0 amide bonds. The summed E-state index contributed by atoms with van der Waals surface area (Å²) < 4.78 is 36.3. The van der Waals surface area contributed by atoms with Crippen LogP contribution in [0.5, 0.6) is 0 Å². The minimum absolute atomic E-state index is 0.334. The summed E-state index contributed by atoms with van der Waals surface area (Å²) in [5, 5.41) is 30.2. The molecular formula is C10H9F3N2O5. The van der Waals surface area contributed by atoms with E-state index in [4.69, 9.17) is 10.2 Å². The molecule has 1 unspecified atom stereocenters. The molecule has 1 rings (SSSR count). The number of anilines is 1. The Bertz CT molecular complexity index is 532. The van der Waals surface area contributed by atoms with Crippen molar-refractivity contribution in [1.29, 1.82) is 0 Å². The second kappa shape index (κ2) is 5.74. The summed E-state index contributed by atoms with van der Waals surface area (Å²) in [7, 11) is 0. The number of aliphatic hydroxyl groups excluding tert-OH is 1. The summed E-state index contributed by atoms with van der Waals surface area (Å²) in [6.45, 7) is -1.03. The van der Waals surface area contributed by atoms with E-state index >= 15 is 0 Å². The molecular weight excluding hydrogens is 285 g/mol. The number of aliphatic hydroxyl groups is 1. The number of rotatable bonds is 5. The number of nitro benzene ring substituents is 1. The number of nitro groups is 1. The molecule has 3 N–H and O–H groups in total. The molecule has 0 fully saturated rings. The molecule has 1 aromatic rings. The minimum Gasteiger partial charge on any atom is -0.478 e. The monoisotopic (exact) mass is 294 g/mol. The quantitative estimate of drug-likeness (QED) is 0.562. The number of benzene rings is 1. The van der Waals surface area contributed by atoms with Crippen LogP contribution >= 0.6 is 0 Å². The molecule has 0 radical (unpaired) electrons. The van der Waals surface area contributed by atoms with Crippen LogP contribution in [0.4, 0.5) is 24.5 Å². The Morgan fingerprint density at radius 2 is 2.05 bits per heavy atom. The number of carbonyl (C=O) groups is 1. The second-order valence-corrected chi connectivity index (χ2v) is 3.73. The van der Waals surface area contributed by atoms with Gasteiger partial charge in [-0.25, -0.2) is 4.79 Å². The van der Waals surface area contributed by atoms with Crippen molar-refractivity contribution < 1.29 is 33.1 Å². The number of halogens is 3. The second-order valence-electron chi connectivity index (χ2n) is 3.73. The lowest BCUT2D eigenvalue weighted by atomic mass is 10.1. The zero-order valence-corrected chi connectivity index (χ0v) is 9.72. The van der Waals surface area contributed by atoms with Crippen molar-refractivity contribution >= 4 is 17.3 Å². The first-order valence-electron chi connectivity index (χ1n) is 5.13. The fourth-order valence-electron chi connectivity index (χ4n) is 1.29. The first-order valence-corrected chi connectivity index (χ1v) is 5.13. The van der Waals surface area contributed by atoms with E-state index in [1.165, 1.54) is 0 Å². The molecule has 0 saturated heterocycles. The maximum Gasteiger partial charge on any atom is 0.416 e. The van der Waals surface area contributed by atoms with Gasteiger partial charge in [0.15, 0.2) is 6.10 Å². The van der Waals surface area contributed by atoms with Crippen molar-refractivity contribution in [2.75, 3.05) is 11.9 Å². The summed E-state index contributed by atoms with van der Waals surface area (Å²) in [6.07, 6.45) is -7.61. The largest absolute Gasteiger partial charge is 0.478 e. The predicted molar refractivity (Wildman–Crippen MR) is 60.6 cm³/mol. The molecule has 0 aliphatic heterocycles. The molecule has 20 heavy (non-hydrogen) atoms. The Hall–Kier alpha value is -2.36. The molecule has 10 heteroatoms. The van der Waals surface area contributed by atoms with Crippen LogP contribution in [0.25, 0.3) is 0 Å². The van der Waals surface area contributed by atoms with Crippen LogP contribution in [0.2, 0.25) is 0 Å². The Kier molecular flexibility index (Phi) is 4.50. The highest BCUT2D eigenvalue weighted by Gasteiger charge is 2.38. The van der Waals surface area contributed by atoms with E-state index in [0.717, 1.165) is 18.2 Å². The zero-order valence-electron chi connectivity index (χ0n) is 9.72. The van der Waals surface area contributed by atoms with Crippen LogP contribution in [0, 0.1) is 10.1 Å². The predicted octanol–water partition coefficient (Wildman–Crippen LogP) is 1.63. The third kappa shape index (κ3) is 3.82. The highest BCUT2D eigenvalue weighted by molar-refractivity contribution is 5.90. The molecule has 1 atom stereocenters. The Balaban J connectivity index is 2.99. The maximum atomic E-state index is 12.1. The average Bonchev–Trinajstić information content (AvgIpc) is 2.33. The fraction of sp³-hybridized carbons (Fsp3) is 0.300. The Morgan fingerprint density at radius 1 is 1.45 bits per heavy atom. The van der Waals surface area contributed by atoms with Crippen LogP contribution in [0.3, 0.4) is 0 Å². The number of nitrogens with zero attached hydrogens (tertiary/aromatic N) is 1. The van der Waals surface area contributed by atoms with Gasteiger partial charge in [0, 0.05) is 12.6 Å². The van der Waals surface area contributed by atoms with Gasteiger partial charge >= 0.3 is 12.1 Å². The van der Waals surface area contributed by atoms with Gasteiger partial charge in [0.25, 0.3) is 5.69 Å². The topological polar surface area (TPSA) is 113 Å². The van der Waals surface area contributed by atoms with Gasteiger partial charge in [-0.15, -0.1) is 0 Å². The minimum atomic E-state index is -4.88. The van der Waals surface area contributed by atoms with E-state index in [0.29, 0.717) is 0 Å². The first-order chi connectivity index (χ1) is 9.12. The first kappa shape index (κ1) is 15.7. The summed E-state index contributed by atoms with van der Waals surface area (Å²) in [5.74, 6) is -1.39. The molecule has 0 aromatic heterocycles. The van der Waals surface area contributed by atoms with E-state index in [-0.39, 0.29) is 5.56 Å². The molecule has 110 valence electrons. The van der Waals surface area contributed by atoms with Crippen molar-refractivity contribution in [3.63, 3.8) is 0 Å². The van der Waals surface area contributed by atoms with Gasteiger partial charge < -0.3 is 15.5 Å². The van der Waals surface area contributed by atoms with Crippen molar-refractivity contribution in [2.45, 2.75) is 12.3 Å². The van der Waals surface area contributed by atoms with Crippen LogP contribution in [-0.4, -0.2) is 39.9 Å². The van der Waals surface area contributed by atoms with Crippen LogP contribution in [0.1, 0.15) is 10.4 Å². The number of carboxylic acid groups (broad SMARTS) is 1. The summed E-state index contributed by atoms with van der Waals surface area (Å²) in [5.41, 5.74) is -1.35. The van der Waals surface area contributed by atoms with Gasteiger partial charge in [0.1, 0.15) is 5.69 Å². The average molecular weight is 294 g/mol. The van der Waals surface area contributed by atoms with Crippen molar-refractivity contribution in [1.82, 2.24) is 0 Å². The standard InChI is InChI=1S/C10H9F3N2O5/c11-10(12,13)8(16)4-14-6-3-5(9(17)18)1-2-7(6)15(19)20/h1-3,8,14,16H,4H2,(H,17,18). The van der Waals surface area contributed by atoms with Crippen molar-refractivity contribution in [3.8, 4) is 0 Å². The van der Waals surface area contributed by atoms with Gasteiger partial charge in [-0.2, -0.15) is 13.2 Å². The van der Waals surface area contributed by atoms with E-state index in [9.17, 15) is 28.1 Å². The molecule has 0 aliphatic rings. The number of hydrogen-bond donors (Lipinski definition) is 3. The van der Waals surface area contributed by atoms with E-state index in [1.807, 2.05) is 5.32 Å². The van der Waals surface area contributed by atoms with E-state index in [2.05, 4.69) is 0 Å². The van der Waals surface area contributed by atoms with Crippen molar-refractivity contribution in [2.24, 2.45) is 0 Å². The molecule has 0 spiro atoms. The molecule has 0 bridgehead atoms. The summed E-state index contributed by atoms with van der Waals surface area (Å²) >= 11 is 0. The third-order valence-electron chi connectivity index (χ3n) is 2.30. The van der Waals surface area contributed by atoms with Crippen LogP contribution in [-0.2, 0) is 0 Å². The molecule has 0 aliphatic carbocycles. The Morgan fingerprint density at radius 3 is 2.50 bits per heavy atom. The van der Waals surface area contributed by atoms with Gasteiger partial charge in [0.05, 0.1) is 10.5 Å².